The van der Waals surface area contributed by atoms with Crippen molar-refractivity contribution in [2.75, 3.05) is 32.7 Å². The van der Waals surface area contributed by atoms with Crippen LogP contribution in [0.1, 0.15) is 39.5 Å². The summed E-state index contributed by atoms with van der Waals surface area (Å²) in [6, 6.07) is 0. The van der Waals surface area contributed by atoms with Crippen molar-refractivity contribution >= 4 is 5.84 Å². The van der Waals surface area contributed by atoms with Gasteiger partial charge in [0, 0.05) is 5.41 Å². The van der Waals surface area contributed by atoms with Gasteiger partial charge in [0.15, 0.2) is 0 Å². The third-order valence-corrected chi connectivity index (χ3v) is 3.75. The highest BCUT2D eigenvalue weighted by Gasteiger charge is 2.22. The molecule has 0 bridgehead atoms. The van der Waals surface area contributed by atoms with Gasteiger partial charge in [0.1, 0.15) is 5.84 Å². The summed E-state index contributed by atoms with van der Waals surface area (Å²) < 4.78 is 0. The Labute approximate surface area is 110 Å². The van der Waals surface area contributed by atoms with Crippen LogP contribution in [0.5, 0.6) is 0 Å². The number of nitrogens with one attached hydrogen (secondary N) is 1. The number of amidine groups is 1. The molecule has 0 unspecified atom stereocenters. The molecule has 1 heterocycles. The Morgan fingerprint density at radius 1 is 1.33 bits per heavy atom. The summed E-state index contributed by atoms with van der Waals surface area (Å²) in [5.74, 6) is 0.307. The second-order valence-electron chi connectivity index (χ2n) is 5.77. The summed E-state index contributed by atoms with van der Waals surface area (Å²) in [6.45, 7) is 9.69. The molecule has 0 amide bonds. The fourth-order valence-electron chi connectivity index (χ4n) is 2.22. The van der Waals surface area contributed by atoms with Gasteiger partial charge in [-0.15, -0.1) is 0 Å². The Bertz CT molecular complexity index is 260. The van der Waals surface area contributed by atoms with Crippen LogP contribution in [0.3, 0.4) is 0 Å². The lowest BCUT2D eigenvalue weighted by Crippen LogP contribution is -2.35. The number of nitrogens with zero attached hydrogens (tertiary/aromatic N) is 2. The van der Waals surface area contributed by atoms with E-state index in [2.05, 4.69) is 15.4 Å². The average molecular weight is 256 g/mol. The Hall–Kier alpha value is -0.810. The van der Waals surface area contributed by atoms with Crippen molar-refractivity contribution in [3.63, 3.8) is 0 Å². The lowest BCUT2D eigenvalue weighted by atomic mass is 9.88. The van der Waals surface area contributed by atoms with Gasteiger partial charge in [-0.25, -0.2) is 0 Å². The van der Waals surface area contributed by atoms with Crippen molar-refractivity contribution in [3.05, 3.63) is 0 Å². The van der Waals surface area contributed by atoms with E-state index < -0.39 is 0 Å². The molecule has 0 radical (unpaired) electrons. The molecule has 18 heavy (non-hydrogen) atoms. The fraction of sp³-hybridized carbons (Fsp3) is 0.923. The molecule has 0 atom stereocenters. The minimum Gasteiger partial charge on any atom is -0.409 e. The monoisotopic (exact) mass is 256 g/mol. The summed E-state index contributed by atoms with van der Waals surface area (Å²) >= 11 is 0. The Balaban J connectivity index is 2.01. The molecular weight excluding hydrogens is 228 g/mol. The zero-order valence-corrected chi connectivity index (χ0v) is 11.8. The molecular formula is C13H28N4O. The van der Waals surface area contributed by atoms with Crippen molar-refractivity contribution in [1.29, 1.82) is 0 Å². The van der Waals surface area contributed by atoms with E-state index in [1.165, 1.54) is 38.9 Å². The smallest absolute Gasteiger partial charge is 0.144 e. The van der Waals surface area contributed by atoms with Crippen LogP contribution in [0.4, 0.5) is 0 Å². The molecule has 0 aromatic carbocycles. The lowest BCUT2D eigenvalue weighted by Gasteiger charge is -2.23. The first-order valence-electron chi connectivity index (χ1n) is 6.97. The van der Waals surface area contributed by atoms with Gasteiger partial charge < -0.3 is 21.2 Å². The number of oxime groups is 1. The van der Waals surface area contributed by atoms with Gasteiger partial charge in [0.25, 0.3) is 0 Å². The molecule has 1 saturated heterocycles. The molecule has 1 aliphatic heterocycles. The number of hydrogen-bond donors (Lipinski definition) is 3. The molecule has 0 aliphatic carbocycles. The Morgan fingerprint density at radius 2 is 2.00 bits per heavy atom. The van der Waals surface area contributed by atoms with Gasteiger partial charge in [-0.1, -0.05) is 19.0 Å². The highest BCUT2D eigenvalue weighted by molar-refractivity contribution is 5.85. The summed E-state index contributed by atoms with van der Waals surface area (Å²) in [6.07, 6.45) is 4.80. The van der Waals surface area contributed by atoms with Gasteiger partial charge in [-0.2, -0.15) is 0 Å². The van der Waals surface area contributed by atoms with Crippen LogP contribution in [0.2, 0.25) is 0 Å². The summed E-state index contributed by atoms with van der Waals surface area (Å²) in [5.41, 5.74) is 5.40. The highest BCUT2D eigenvalue weighted by Crippen LogP contribution is 2.19. The minimum atomic E-state index is -0.239. The number of hydrogen-bond acceptors (Lipinski definition) is 4. The van der Waals surface area contributed by atoms with E-state index in [0.29, 0.717) is 5.84 Å². The molecule has 5 nitrogen and oxygen atoms in total. The van der Waals surface area contributed by atoms with E-state index in [9.17, 15) is 0 Å². The molecule has 0 saturated carbocycles. The van der Waals surface area contributed by atoms with Crippen LogP contribution in [0.25, 0.3) is 0 Å². The fourth-order valence-corrected chi connectivity index (χ4v) is 2.22. The number of rotatable bonds is 8. The zero-order chi connectivity index (χ0) is 13.4. The van der Waals surface area contributed by atoms with Gasteiger partial charge in [0.2, 0.25) is 0 Å². The van der Waals surface area contributed by atoms with Crippen LogP contribution in [0.15, 0.2) is 5.16 Å². The number of nitrogens with two attached hydrogens (primary N) is 1. The molecule has 0 spiro atoms. The zero-order valence-electron chi connectivity index (χ0n) is 11.8. The normalized spacial score (nSPS) is 18.4. The van der Waals surface area contributed by atoms with Crippen LogP contribution in [0, 0.1) is 5.41 Å². The van der Waals surface area contributed by atoms with Gasteiger partial charge >= 0.3 is 0 Å². The maximum atomic E-state index is 8.67. The van der Waals surface area contributed by atoms with Crippen LogP contribution >= 0.6 is 0 Å². The van der Waals surface area contributed by atoms with Crippen molar-refractivity contribution in [3.8, 4) is 0 Å². The molecule has 4 N–H and O–H groups in total. The Kier molecular flexibility index (Phi) is 6.43. The quantitative estimate of drug-likeness (QED) is 0.201. The first kappa shape index (κ1) is 15.2. The van der Waals surface area contributed by atoms with E-state index >= 15 is 0 Å². The van der Waals surface area contributed by atoms with E-state index in [-0.39, 0.29) is 5.41 Å². The topological polar surface area (TPSA) is 73.9 Å². The van der Waals surface area contributed by atoms with E-state index in [1.807, 2.05) is 13.8 Å². The Morgan fingerprint density at radius 3 is 2.61 bits per heavy atom. The van der Waals surface area contributed by atoms with Gasteiger partial charge in [0.05, 0.1) is 0 Å². The maximum Gasteiger partial charge on any atom is 0.144 e. The molecule has 0 aromatic heterocycles. The number of likely N-dealkylation sites (tertiary alicyclic amines) is 1. The van der Waals surface area contributed by atoms with Gasteiger partial charge in [-0.3, -0.25) is 0 Å². The third-order valence-electron chi connectivity index (χ3n) is 3.75. The first-order valence-corrected chi connectivity index (χ1v) is 6.97. The predicted molar refractivity (Wildman–Crippen MR) is 75.0 cm³/mol. The minimum absolute atomic E-state index is 0.239. The lowest BCUT2D eigenvalue weighted by molar-refractivity contribution is 0.304. The summed E-state index contributed by atoms with van der Waals surface area (Å²) in [4.78, 5) is 2.53. The van der Waals surface area contributed by atoms with Crippen LogP contribution in [-0.4, -0.2) is 48.7 Å². The second-order valence-corrected chi connectivity index (χ2v) is 5.77. The molecule has 5 heteroatoms. The van der Waals surface area contributed by atoms with Crippen molar-refractivity contribution in [2.45, 2.75) is 39.5 Å². The SMILES string of the molecule is CC(C)(CCNCCCN1CCCC1)C(N)=NO. The average Bonchev–Trinajstić information content (AvgIpc) is 2.85. The van der Waals surface area contributed by atoms with E-state index in [4.69, 9.17) is 10.9 Å². The standard InChI is InChI=1S/C13H28N4O/c1-13(2,12(14)16-18)6-8-15-7-5-11-17-9-3-4-10-17/h15,18H,3-11H2,1-2H3,(H2,14,16). The van der Waals surface area contributed by atoms with E-state index in [1.54, 1.807) is 0 Å². The predicted octanol–water partition coefficient (Wildman–Crippen LogP) is 1.22. The van der Waals surface area contributed by atoms with Gasteiger partial charge in [-0.05, 0) is 58.4 Å². The summed E-state index contributed by atoms with van der Waals surface area (Å²) in [7, 11) is 0. The molecule has 1 fully saturated rings. The maximum absolute atomic E-state index is 8.67. The molecule has 106 valence electrons. The van der Waals surface area contributed by atoms with Crippen molar-refractivity contribution < 1.29 is 5.21 Å². The molecule has 0 aromatic rings. The van der Waals surface area contributed by atoms with Crippen molar-refractivity contribution in [2.24, 2.45) is 16.3 Å². The van der Waals surface area contributed by atoms with Crippen molar-refractivity contribution in [1.82, 2.24) is 10.2 Å². The molecule has 1 rings (SSSR count). The second kappa shape index (κ2) is 7.59. The largest absolute Gasteiger partial charge is 0.409 e. The molecule has 1 aliphatic rings. The first-order chi connectivity index (χ1) is 8.56. The third kappa shape index (κ3) is 5.23. The summed E-state index contributed by atoms with van der Waals surface area (Å²) in [5, 5.41) is 15.2. The van der Waals surface area contributed by atoms with Crippen LogP contribution in [-0.2, 0) is 0 Å². The van der Waals surface area contributed by atoms with Crippen LogP contribution < -0.4 is 11.1 Å². The highest BCUT2D eigenvalue weighted by atomic mass is 16.4. The van der Waals surface area contributed by atoms with E-state index in [0.717, 1.165) is 19.5 Å².